The number of hydrogen-bond acceptors (Lipinski definition) is 2. The molecule has 0 amide bonds. The van der Waals surface area contributed by atoms with Crippen molar-refractivity contribution in [2.45, 2.75) is 24.8 Å². The van der Waals surface area contributed by atoms with Crippen molar-refractivity contribution >= 4 is 23.3 Å². The zero-order valence-corrected chi connectivity index (χ0v) is 12.2. The molecule has 108 valence electrons. The molecule has 0 spiro atoms. The first kappa shape index (κ1) is 14.0. The lowest BCUT2D eigenvalue weighted by Crippen LogP contribution is -2.34. The molecule has 4 heteroatoms. The summed E-state index contributed by atoms with van der Waals surface area (Å²) in [5, 5.41) is 13.2. The van der Waals surface area contributed by atoms with Crippen LogP contribution in [0.4, 0.5) is 5.69 Å². The van der Waals surface area contributed by atoms with Crippen LogP contribution >= 0.6 is 11.6 Å². The van der Waals surface area contributed by atoms with Crippen LogP contribution in [0.3, 0.4) is 0 Å². The van der Waals surface area contributed by atoms with Crippen molar-refractivity contribution < 1.29 is 9.90 Å². The molecule has 1 fully saturated rings. The number of anilines is 1. The maximum absolute atomic E-state index is 11.0. The van der Waals surface area contributed by atoms with Gasteiger partial charge in [-0.2, -0.15) is 0 Å². The van der Waals surface area contributed by atoms with Crippen LogP contribution < -0.4 is 5.32 Å². The lowest BCUT2D eigenvalue weighted by Gasteiger charge is -2.37. The number of hydrogen-bond donors (Lipinski definition) is 2. The van der Waals surface area contributed by atoms with E-state index in [2.05, 4.69) is 11.4 Å². The molecule has 21 heavy (non-hydrogen) atoms. The number of nitrogens with one attached hydrogen (secondary N) is 1. The molecule has 3 rings (SSSR count). The van der Waals surface area contributed by atoms with Crippen LogP contribution in [0.1, 0.15) is 34.7 Å². The van der Waals surface area contributed by atoms with Crippen molar-refractivity contribution in [2.24, 2.45) is 0 Å². The van der Waals surface area contributed by atoms with Gasteiger partial charge in [0.2, 0.25) is 0 Å². The Bertz CT molecular complexity index is 665. The summed E-state index contributed by atoms with van der Waals surface area (Å²) in [5.74, 6) is -0.417. The third-order valence-corrected chi connectivity index (χ3v) is 4.31. The molecule has 0 atom stereocenters. The average Bonchev–Trinajstić information content (AvgIpc) is 2.44. The molecule has 0 radical (unpaired) electrons. The molecule has 0 saturated heterocycles. The van der Waals surface area contributed by atoms with E-state index in [1.807, 2.05) is 24.3 Å². The Morgan fingerprint density at radius 1 is 1.14 bits per heavy atom. The fourth-order valence-electron chi connectivity index (χ4n) is 2.77. The quantitative estimate of drug-likeness (QED) is 0.880. The molecule has 0 unspecified atom stereocenters. The third-order valence-electron chi connectivity index (χ3n) is 3.96. The van der Waals surface area contributed by atoms with Gasteiger partial charge in [-0.25, -0.2) is 4.79 Å². The summed E-state index contributed by atoms with van der Waals surface area (Å²) in [6, 6.07) is 15.3. The Balaban J connectivity index is 1.61. The Morgan fingerprint density at radius 3 is 2.62 bits per heavy atom. The Kier molecular flexibility index (Phi) is 3.84. The maximum atomic E-state index is 11.0. The molecule has 0 aromatic heterocycles. The summed E-state index contributed by atoms with van der Waals surface area (Å²) in [6.45, 7) is 0. The number of halogens is 1. The lowest BCUT2D eigenvalue weighted by molar-refractivity contribution is 0.0697. The van der Waals surface area contributed by atoms with E-state index in [1.54, 1.807) is 18.2 Å². The maximum Gasteiger partial charge on any atom is 0.335 e. The van der Waals surface area contributed by atoms with E-state index in [9.17, 15) is 4.79 Å². The summed E-state index contributed by atoms with van der Waals surface area (Å²) < 4.78 is 0. The minimum Gasteiger partial charge on any atom is -0.478 e. The van der Waals surface area contributed by atoms with Crippen LogP contribution in [0.5, 0.6) is 0 Å². The predicted molar refractivity (Wildman–Crippen MR) is 84.2 cm³/mol. The second-order valence-electron chi connectivity index (χ2n) is 5.42. The molecular formula is C17H16ClNO2. The van der Waals surface area contributed by atoms with Gasteiger partial charge in [-0.05, 0) is 48.6 Å². The van der Waals surface area contributed by atoms with Crippen LogP contribution in [0, 0.1) is 0 Å². The summed E-state index contributed by atoms with van der Waals surface area (Å²) >= 11 is 6.21. The smallest absolute Gasteiger partial charge is 0.335 e. The molecule has 0 aliphatic heterocycles. The average molecular weight is 302 g/mol. The summed E-state index contributed by atoms with van der Waals surface area (Å²) in [4.78, 5) is 11.0. The highest BCUT2D eigenvalue weighted by Gasteiger charge is 2.31. The van der Waals surface area contributed by atoms with Gasteiger partial charge in [0.15, 0.2) is 0 Å². The summed E-state index contributed by atoms with van der Waals surface area (Å²) in [6.07, 6.45) is 2.03. The second kappa shape index (κ2) is 5.78. The van der Waals surface area contributed by atoms with E-state index in [0.717, 1.165) is 23.6 Å². The van der Waals surface area contributed by atoms with Gasteiger partial charge in [-0.15, -0.1) is 0 Å². The van der Waals surface area contributed by atoms with Crippen LogP contribution in [0.15, 0.2) is 48.5 Å². The van der Waals surface area contributed by atoms with E-state index >= 15 is 0 Å². The highest BCUT2D eigenvalue weighted by Crippen LogP contribution is 2.41. The van der Waals surface area contributed by atoms with Crippen molar-refractivity contribution in [2.75, 3.05) is 5.32 Å². The first-order valence-electron chi connectivity index (χ1n) is 6.98. The zero-order chi connectivity index (χ0) is 14.8. The van der Waals surface area contributed by atoms with E-state index in [1.165, 1.54) is 5.56 Å². The number of aromatic carboxylic acids is 1. The summed E-state index contributed by atoms with van der Waals surface area (Å²) in [5.41, 5.74) is 2.37. The molecule has 0 heterocycles. The van der Waals surface area contributed by atoms with Gasteiger partial charge in [-0.3, -0.25) is 0 Å². The Hall–Kier alpha value is -2.00. The normalized spacial score (nSPS) is 20.6. The van der Waals surface area contributed by atoms with Gasteiger partial charge >= 0.3 is 5.97 Å². The largest absolute Gasteiger partial charge is 0.478 e. The molecular weight excluding hydrogens is 286 g/mol. The van der Waals surface area contributed by atoms with Crippen LogP contribution in [-0.4, -0.2) is 17.1 Å². The fourth-order valence-corrected chi connectivity index (χ4v) is 3.06. The van der Waals surface area contributed by atoms with Crippen LogP contribution in [0.25, 0.3) is 0 Å². The van der Waals surface area contributed by atoms with Crippen molar-refractivity contribution in [3.8, 4) is 0 Å². The topological polar surface area (TPSA) is 49.3 Å². The lowest BCUT2D eigenvalue weighted by atomic mass is 9.76. The fraction of sp³-hybridized carbons (Fsp3) is 0.235. The van der Waals surface area contributed by atoms with Gasteiger partial charge < -0.3 is 10.4 Å². The molecule has 2 aromatic rings. The predicted octanol–water partition coefficient (Wildman–Crippen LogP) is 4.40. The number of carbonyl (C=O) groups is 1. The minimum atomic E-state index is -0.902. The highest BCUT2D eigenvalue weighted by atomic mass is 35.5. The molecule has 3 nitrogen and oxygen atoms in total. The number of rotatable bonds is 4. The molecule has 1 saturated carbocycles. The number of benzene rings is 2. The van der Waals surface area contributed by atoms with E-state index in [-0.39, 0.29) is 0 Å². The third kappa shape index (κ3) is 3.03. The Morgan fingerprint density at radius 2 is 1.90 bits per heavy atom. The standard InChI is InChI=1S/C17H16ClNO2/c18-16-7-2-1-6-15(16)12-9-14(10-12)19-13-5-3-4-11(8-13)17(20)21/h1-8,12,14,19H,9-10H2,(H,20,21). The Labute approximate surface area is 128 Å². The van der Waals surface area contributed by atoms with Gasteiger partial charge in [-0.1, -0.05) is 35.9 Å². The van der Waals surface area contributed by atoms with Crippen LogP contribution in [0.2, 0.25) is 5.02 Å². The zero-order valence-electron chi connectivity index (χ0n) is 11.4. The molecule has 0 bridgehead atoms. The molecule has 1 aliphatic rings. The van der Waals surface area contributed by atoms with E-state index < -0.39 is 5.97 Å². The van der Waals surface area contributed by atoms with Crippen molar-refractivity contribution in [3.63, 3.8) is 0 Å². The minimum absolute atomic E-state index is 0.307. The van der Waals surface area contributed by atoms with Gasteiger partial charge in [0.05, 0.1) is 5.56 Å². The molecule has 2 aromatic carbocycles. The van der Waals surface area contributed by atoms with Gasteiger partial charge in [0, 0.05) is 16.8 Å². The van der Waals surface area contributed by atoms with Crippen molar-refractivity contribution in [1.29, 1.82) is 0 Å². The van der Waals surface area contributed by atoms with Gasteiger partial charge in [0.1, 0.15) is 0 Å². The SMILES string of the molecule is O=C(O)c1cccc(NC2CC(c3ccccc3Cl)C2)c1. The highest BCUT2D eigenvalue weighted by molar-refractivity contribution is 6.31. The monoisotopic (exact) mass is 301 g/mol. The number of carboxylic acids is 1. The molecule has 1 aliphatic carbocycles. The van der Waals surface area contributed by atoms with Crippen molar-refractivity contribution in [1.82, 2.24) is 0 Å². The van der Waals surface area contributed by atoms with Gasteiger partial charge in [0.25, 0.3) is 0 Å². The van der Waals surface area contributed by atoms with E-state index in [4.69, 9.17) is 16.7 Å². The van der Waals surface area contributed by atoms with E-state index in [0.29, 0.717) is 17.5 Å². The van der Waals surface area contributed by atoms with Crippen molar-refractivity contribution in [3.05, 3.63) is 64.7 Å². The number of carboxylic acid groups (broad SMARTS) is 1. The second-order valence-corrected chi connectivity index (χ2v) is 5.82. The first-order chi connectivity index (χ1) is 10.1. The molecule has 2 N–H and O–H groups in total. The van der Waals surface area contributed by atoms with Crippen LogP contribution in [-0.2, 0) is 0 Å². The summed E-state index contributed by atoms with van der Waals surface area (Å²) in [7, 11) is 0. The first-order valence-corrected chi connectivity index (χ1v) is 7.35.